The summed E-state index contributed by atoms with van der Waals surface area (Å²) in [7, 11) is 0. The molecule has 1 atom stereocenters. The van der Waals surface area contributed by atoms with E-state index in [0.717, 1.165) is 0 Å². The molecule has 0 rings (SSSR count). The predicted molar refractivity (Wildman–Crippen MR) is 57.4 cm³/mol. The van der Waals surface area contributed by atoms with Gasteiger partial charge in [-0.15, -0.1) is 0 Å². The molecular weight excluding hydrogens is 196 g/mol. The highest BCUT2D eigenvalue weighted by atomic mass is 16.5. The van der Waals surface area contributed by atoms with Gasteiger partial charge in [-0.25, -0.2) is 0 Å². The highest BCUT2D eigenvalue weighted by Crippen LogP contribution is 2.15. The molecule has 0 aromatic heterocycles. The Morgan fingerprint density at radius 2 is 2.00 bits per heavy atom. The van der Waals surface area contributed by atoms with Crippen molar-refractivity contribution in [3.8, 4) is 0 Å². The minimum Gasteiger partial charge on any atom is -0.463 e. The fraction of sp³-hybridized carbons (Fsp3) is 0.909. The number of hydrogen-bond donors (Lipinski definition) is 2. The van der Waals surface area contributed by atoms with E-state index in [1.807, 2.05) is 13.8 Å². The highest BCUT2D eigenvalue weighted by Gasteiger charge is 2.18. The quantitative estimate of drug-likeness (QED) is 0.605. The van der Waals surface area contributed by atoms with Gasteiger partial charge in [-0.3, -0.25) is 4.79 Å². The van der Waals surface area contributed by atoms with E-state index in [-0.39, 0.29) is 0 Å². The summed E-state index contributed by atoms with van der Waals surface area (Å²) in [5.74, 6) is -1.53. The Bertz CT molecular complexity index is 321. The first-order valence-electron chi connectivity index (χ1n) is 7.58. The summed E-state index contributed by atoms with van der Waals surface area (Å²) in [5, 5.41) is 18.5. The first kappa shape index (κ1) is 7.63. The second-order valence-electron chi connectivity index (χ2n) is 3.26. The number of esters is 1. The van der Waals surface area contributed by atoms with E-state index >= 15 is 0 Å². The number of carbonyl (C=O) groups excluding carboxylic acids is 1. The smallest absolute Gasteiger partial charge is 0.309 e. The highest BCUT2D eigenvalue weighted by molar-refractivity contribution is 5.72. The van der Waals surface area contributed by atoms with Crippen LogP contribution in [0.15, 0.2) is 0 Å². The molecule has 4 nitrogen and oxygen atoms in total. The van der Waals surface area contributed by atoms with Crippen LogP contribution in [0.25, 0.3) is 0 Å². The van der Waals surface area contributed by atoms with E-state index in [0.29, 0.717) is 25.7 Å². The van der Waals surface area contributed by atoms with E-state index in [4.69, 9.17) is 12.0 Å². The third kappa shape index (κ3) is 6.47. The summed E-state index contributed by atoms with van der Waals surface area (Å²) < 4.78 is 40.1. The van der Waals surface area contributed by atoms with Crippen LogP contribution in [0.4, 0.5) is 0 Å². The third-order valence-corrected chi connectivity index (χ3v) is 1.96. The fourth-order valence-electron chi connectivity index (χ4n) is 1.28. The Morgan fingerprint density at radius 1 is 1.47 bits per heavy atom. The van der Waals surface area contributed by atoms with Crippen molar-refractivity contribution >= 4 is 5.97 Å². The lowest BCUT2D eigenvalue weighted by Crippen LogP contribution is -2.25. The summed E-state index contributed by atoms with van der Waals surface area (Å²) >= 11 is 0. The molecule has 0 saturated carbocycles. The van der Waals surface area contributed by atoms with Gasteiger partial charge in [0.15, 0.2) is 0 Å². The standard InChI is InChI=1S/C11H22O4/c1-3-5-9(6-4-2)11(14)15-8-10(13)7-12/h9-10,12-13H,3-8H2,1-2H3/i7D2,8D2,10D. The number of ether oxygens (including phenoxy) is 1. The number of rotatable bonds is 8. The Kier molecular flexibility index (Phi) is 4.41. The van der Waals surface area contributed by atoms with Gasteiger partial charge in [0.1, 0.15) is 12.6 Å². The third-order valence-electron chi connectivity index (χ3n) is 1.96. The SMILES string of the molecule is [2H]C([2H])(O)C([2H])(O)C([2H])([2H])OC(=O)C(CCC)CCC. The molecule has 1 unspecified atom stereocenters. The molecule has 0 heterocycles. The summed E-state index contributed by atoms with van der Waals surface area (Å²) in [4.78, 5) is 11.9. The topological polar surface area (TPSA) is 66.8 Å². The molecule has 4 heteroatoms. The number of aliphatic hydroxyl groups is 2. The molecule has 0 aromatic carbocycles. The van der Waals surface area contributed by atoms with Crippen molar-refractivity contribution in [2.45, 2.75) is 45.6 Å². The van der Waals surface area contributed by atoms with Crippen LogP contribution < -0.4 is 0 Å². The van der Waals surface area contributed by atoms with Crippen molar-refractivity contribution in [3.63, 3.8) is 0 Å². The van der Waals surface area contributed by atoms with Gasteiger partial charge in [0.2, 0.25) is 0 Å². The molecule has 90 valence electrons. The van der Waals surface area contributed by atoms with Gasteiger partial charge in [0.05, 0.1) is 19.3 Å². The van der Waals surface area contributed by atoms with Crippen LogP contribution in [-0.4, -0.2) is 35.4 Å². The van der Waals surface area contributed by atoms with Crippen molar-refractivity contribution in [1.82, 2.24) is 0 Å². The summed E-state index contributed by atoms with van der Waals surface area (Å²) in [5.41, 5.74) is 0. The van der Waals surface area contributed by atoms with E-state index in [1.54, 1.807) is 0 Å². The molecule has 0 spiro atoms. The minimum atomic E-state index is -3.63. The molecular formula is C11H22O4. The lowest BCUT2D eigenvalue weighted by Gasteiger charge is -2.15. The maximum atomic E-state index is 11.9. The minimum absolute atomic E-state index is 0.463. The van der Waals surface area contributed by atoms with Crippen LogP contribution in [0.3, 0.4) is 0 Å². The fourth-order valence-corrected chi connectivity index (χ4v) is 1.28. The lowest BCUT2D eigenvalue weighted by molar-refractivity contribution is -0.152. The van der Waals surface area contributed by atoms with Gasteiger partial charge >= 0.3 is 5.97 Å². The van der Waals surface area contributed by atoms with Crippen LogP contribution in [0.2, 0.25) is 0 Å². The summed E-state index contributed by atoms with van der Waals surface area (Å²) in [6.45, 7) is -3.26. The second-order valence-corrected chi connectivity index (χ2v) is 3.26. The van der Waals surface area contributed by atoms with Gasteiger partial charge < -0.3 is 14.9 Å². The van der Waals surface area contributed by atoms with Crippen molar-refractivity contribution in [1.29, 1.82) is 0 Å². The molecule has 0 amide bonds. The van der Waals surface area contributed by atoms with Gasteiger partial charge in [0.25, 0.3) is 0 Å². The molecule has 15 heavy (non-hydrogen) atoms. The summed E-state index contributed by atoms with van der Waals surface area (Å²) in [6, 6.07) is 0. The summed E-state index contributed by atoms with van der Waals surface area (Å²) in [6.07, 6.45) is -1.35. The van der Waals surface area contributed by atoms with Crippen LogP contribution in [-0.2, 0) is 9.53 Å². The maximum absolute atomic E-state index is 11.9. The zero-order chi connectivity index (χ0) is 16.2. The number of carbonyl (C=O) groups is 1. The average Bonchev–Trinajstić information content (AvgIpc) is 2.26. The normalized spacial score (nSPS) is 21.8. The van der Waals surface area contributed by atoms with Crippen LogP contribution in [0.1, 0.15) is 46.4 Å². The lowest BCUT2D eigenvalue weighted by atomic mass is 9.99. The number of hydrogen-bond acceptors (Lipinski definition) is 4. The molecule has 0 aromatic rings. The molecule has 0 saturated heterocycles. The Hall–Kier alpha value is -0.610. The first-order chi connectivity index (χ1) is 8.90. The van der Waals surface area contributed by atoms with Crippen molar-refractivity contribution in [2.75, 3.05) is 13.1 Å². The molecule has 2 N–H and O–H groups in total. The van der Waals surface area contributed by atoms with E-state index in [1.165, 1.54) is 0 Å². The molecule has 0 aliphatic carbocycles. The van der Waals surface area contributed by atoms with Crippen molar-refractivity contribution in [2.24, 2.45) is 5.92 Å². The Morgan fingerprint density at radius 3 is 2.40 bits per heavy atom. The van der Waals surface area contributed by atoms with E-state index in [9.17, 15) is 9.90 Å². The van der Waals surface area contributed by atoms with Gasteiger partial charge in [0, 0.05) is 0 Å². The second kappa shape index (κ2) is 8.68. The van der Waals surface area contributed by atoms with Gasteiger partial charge in [-0.05, 0) is 12.8 Å². The molecule has 0 aliphatic rings. The molecule has 0 bridgehead atoms. The van der Waals surface area contributed by atoms with Crippen LogP contribution in [0.5, 0.6) is 0 Å². The molecule has 0 radical (unpaired) electrons. The Balaban J connectivity index is 5.03. The van der Waals surface area contributed by atoms with Gasteiger partial charge in [-0.2, -0.15) is 0 Å². The van der Waals surface area contributed by atoms with Gasteiger partial charge in [-0.1, -0.05) is 26.7 Å². The van der Waals surface area contributed by atoms with E-state index < -0.39 is 31.1 Å². The predicted octanol–water partition coefficient (Wildman–Crippen LogP) is 1.10. The average molecular weight is 223 g/mol. The molecule has 0 fully saturated rings. The molecule has 0 aliphatic heterocycles. The largest absolute Gasteiger partial charge is 0.463 e. The zero-order valence-electron chi connectivity index (χ0n) is 14.1. The monoisotopic (exact) mass is 223 g/mol. The maximum Gasteiger partial charge on any atom is 0.309 e. The van der Waals surface area contributed by atoms with Crippen molar-refractivity contribution in [3.05, 3.63) is 0 Å². The van der Waals surface area contributed by atoms with Crippen LogP contribution in [0, 0.1) is 5.92 Å². The Labute approximate surface area is 98.3 Å². The van der Waals surface area contributed by atoms with Crippen molar-refractivity contribution < 1.29 is 26.6 Å². The zero-order valence-corrected chi connectivity index (χ0v) is 9.12. The van der Waals surface area contributed by atoms with Crippen LogP contribution >= 0.6 is 0 Å². The van der Waals surface area contributed by atoms with E-state index in [2.05, 4.69) is 4.74 Å². The first-order valence-corrected chi connectivity index (χ1v) is 5.08.